The quantitative estimate of drug-likeness (QED) is 0.471. The van der Waals surface area contributed by atoms with Crippen LogP contribution in [0.3, 0.4) is 0 Å². The van der Waals surface area contributed by atoms with Gasteiger partial charge in [0.1, 0.15) is 5.52 Å². The molecule has 0 atom stereocenters. The van der Waals surface area contributed by atoms with Gasteiger partial charge >= 0.3 is 0 Å². The van der Waals surface area contributed by atoms with Crippen molar-refractivity contribution < 1.29 is 4.42 Å². The van der Waals surface area contributed by atoms with Crippen LogP contribution in [0.2, 0.25) is 0 Å². The Morgan fingerprint density at radius 1 is 1.45 bits per heavy atom. The summed E-state index contributed by atoms with van der Waals surface area (Å²) in [7, 11) is 0. The van der Waals surface area contributed by atoms with Gasteiger partial charge in [0.2, 0.25) is 0 Å². The monoisotopic (exact) mass is 149 g/mol. The largest absolute Gasteiger partial charge is 0.460 e. The molecule has 11 heavy (non-hydrogen) atoms. The average molecular weight is 149 g/mol. The summed E-state index contributed by atoms with van der Waals surface area (Å²) in [5.74, 6) is 5.24. The zero-order valence-corrected chi connectivity index (χ0v) is 5.74. The molecule has 3 N–H and O–H groups in total. The molecular weight excluding hydrogens is 142 g/mol. The molecule has 0 aliphatic carbocycles. The van der Waals surface area contributed by atoms with E-state index in [1.165, 1.54) is 0 Å². The molecule has 0 fully saturated rings. The van der Waals surface area contributed by atoms with Gasteiger partial charge in [0.05, 0.1) is 12.0 Å². The number of nitrogens with one attached hydrogen (secondary N) is 1. The van der Waals surface area contributed by atoms with Crippen LogP contribution < -0.4 is 11.3 Å². The fourth-order valence-corrected chi connectivity index (χ4v) is 0.987. The second-order valence-electron chi connectivity index (χ2n) is 2.14. The van der Waals surface area contributed by atoms with E-state index in [2.05, 4.69) is 10.4 Å². The Bertz CT molecular complexity index is 368. The van der Waals surface area contributed by atoms with Gasteiger partial charge in [-0.1, -0.05) is 0 Å². The van der Waals surface area contributed by atoms with Crippen molar-refractivity contribution >= 4 is 16.8 Å². The molecule has 0 spiro atoms. The number of pyridine rings is 1. The first-order valence-corrected chi connectivity index (χ1v) is 3.20. The van der Waals surface area contributed by atoms with Gasteiger partial charge < -0.3 is 9.84 Å². The second kappa shape index (κ2) is 2.25. The van der Waals surface area contributed by atoms with Crippen LogP contribution in [-0.4, -0.2) is 4.98 Å². The van der Waals surface area contributed by atoms with Crippen molar-refractivity contribution in [2.45, 2.75) is 0 Å². The Labute approximate surface area is 63.0 Å². The molecule has 4 heteroatoms. The Kier molecular flexibility index (Phi) is 1.26. The number of furan rings is 1. The summed E-state index contributed by atoms with van der Waals surface area (Å²) in [5.41, 5.74) is 4.77. The van der Waals surface area contributed by atoms with Gasteiger partial charge in [-0.25, -0.2) is 0 Å². The number of nitrogen functional groups attached to an aromatic ring is 1. The van der Waals surface area contributed by atoms with Gasteiger partial charge in [-0.05, 0) is 6.07 Å². The first kappa shape index (κ1) is 6.18. The fourth-order valence-electron chi connectivity index (χ4n) is 0.987. The van der Waals surface area contributed by atoms with Crippen molar-refractivity contribution in [1.82, 2.24) is 4.98 Å². The normalized spacial score (nSPS) is 10.3. The molecule has 0 aliphatic heterocycles. The Balaban J connectivity index is 2.79. The Morgan fingerprint density at radius 2 is 2.36 bits per heavy atom. The van der Waals surface area contributed by atoms with E-state index in [0.717, 1.165) is 11.2 Å². The van der Waals surface area contributed by atoms with E-state index < -0.39 is 0 Å². The number of fused-ring (bicyclic) bond motifs is 1. The van der Waals surface area contributed by atoms with Gasteiger partial charge in [-0.2, -0.15) is 0 Å². The minimum Gasteiger partial charge on any atom is -0.460 e. The van der Waals surface area contributed by atoms with Gasteiger partial charge in [-0.3, -0.25) is 10.8 Å². The third kappa shape index (κ3) is 0.841. The van der Waals surface area contributed by atoms with E-state index in [-0.39, 0.29) is 0 Å². The zero-order valence-electron chi connectivity index (χ0n) is 5.74. The molecule has 2 rings (SSSR count). The maximum absolute atomic E-state index is 5.24. The highest BCUT2D eigenvalue weighted by Crippen LogP contribution is 2.20. The molecule has 0 aromatic carbocycles. The number of hydrazine groups is 1. The summed E-state index contributed by atoms with van der Waals surface area (Å²) in [4.78, 5) is 4.06. The molecule has 0 unspecified atom stereocenters. The van der Waals surface area contributed by atoms with E-state index in [4.69, 9.17) is 10.3 Å². The summed E-state index contributed by atoms with van der Waals surface area (Å²) < 4.78 is 5.13. The highest BCUT2D eigenvalue weighted by molar-refractivity contribution is 5.85. The lowest BCUT2D eigenvalue weighted by Gasteiger charge is -1.97. The van der Waals surface area contributed by atoms with Crippen LogP contribution in [0.1, 0.15) is 0 Å². The molecule has 0 amide bonds. The molecule has 0 radical (unpaired) electrons. The highest BCUT2D eigenvalue weighted by Gasteiger charge is 2.01. The Hall–Kier alpha value is -1.55. The standard InChI is InChI=1S/C7H7N3O/c8-10-6-1-3-9-5-2-4-11-7(5)6/h1-4H,8H2,(H,9,10). The van der Waals surface area contributed by atoms with Crippen molar-refractivity contribution in [3.05, 3.63) is 24.6 Å². The molecule has 2 aromatic rings. The van der Waals surface area contributed by atoms with Gasteiger partial charge in [-0.15, -0.1) is 0 Å². The van der Waals surface area contributed by atoms with E-state index in [9.17, 15) is 0 Å². The fraction of sp³-hybridized carbons (Fsp3) is 0. The minimum atomic E-state index is 0.690. The zero-order chi connectivity index (χ0) is 7.68. The molecule has 0 bridgehead atoms. The first-order valence-electron chi connectivity index (χ1n) is 3.20. The van der Waals surface area contributed by atoms with Gasteiger partial charge in [0, 0.05) is 12.3 Å². The van der Waals surface area contributed by atoms with Crippen LogP contribution in [0.5, 0.6) is 0 Å². The molecular formula is C7H7N3O. The summed E-state index contributed by atoms with van der Waals surface area (Å²) in [5, 5.41) is 0. The van der Waals surface area contributed by atoms with Crippen molar-refractivity contribution in [2.75, 3.05) is 5.43 Å². The topological polar surface area (TPSA) is 64.1 Å². The van der Waals surface area contributed by atoms with E-state index in [1.54, 1.807) is 24.6 Å². The molecule has 0 saturated carbocycles. The number of anilines is 1. The maximum atomic E-state index is 5.24. The summed E-state index contributed by atoms with van der Waals surface area (Å²) in [6, 6.07) is 3.54. The van der Waals surface area contributed by atoms with Crippen LogP contribution in [0.15, 0.2) is 29.0 Å². The van der Waals surface area contributed by atoms with Crippen LogP contribution in [0.25, 0.3) is 11.1 Å². The molecule has 2 aromatic heterocycles. The Morgan fingerprint density at radius 3 is 3.18 bits per heavy atom. The first-order chi connectivity index (χ1) is 5.42. The molecule has 0 aliphatic rings. The number of rotatable bonds is 1. The minimum absolute atomic E-state index is 0.690. The van der Waals surface area contributed by atoms with Crippen molar-refractivity contribution in [3.63, 3.8) is 0 Å². The molecule has 4 nitrogen and oxygen atoms in total. The lowest BCUT2D eigenvalue weighted by Crippen LogP contribution is -2.06. The van der Waals surface area contributed by atoms with Crippen LogP contribution >= 0.6 is 0 Å². The predicted molar refractivity (Wildman–Crippen MR) is 41.8 cm³/mol. The number of aromatic nitrogens is 1. The molecule has 56 valence electrons. The number of nitrogens with two attached hydrogens (primary N) is 1. The second-order valence-corrected chi connectivity index (χ2v) is 2.14. The van der Waals surface area contributed by atoms with Crippen molar-refractivity contribution in [3.8, 4) is 0 Å². The van der Waals surface area contributed by atoms with E-state index in [0.29, 0.717) is 5.58 Å². The van der Waals surface area contributed by atoms with Gasteiger partial charge in [0.25, 0.3) is 0 Å². The maximum Gasteiger partial charge on any atom is 0.176 e. The third-order valence-corrected chi connectivity index (χ3v) is 1.50. The summed E-state index contributed by atoms with van der Waals surface area (Å²) in [6.45, 7) is 0. The van der Waals surface area contributed by atoms with E-state index >= 15 is 0 Å². The predicted octanol–water partition coefficient (Wildman–Crippen LogP) is 1.11. The van der Waals surface area contributed by atoms with Crippen molar-refractivity contribution in [2.24, 2.45) is 5.84 Å². The average Bonchev–Trinajstić information content (AvgIpc) is 2.50. The van der Waals surface area contributed by atoms with Crippen LogP contribution in [0, 0.1) is 0 Å². The van der Waals surface area contributed by atoms with Gasteiger partial charge in [0.15, 0.2) is 5.58 Å². The summed E-state index contributed by atoms with van der Waals surface area (Å²) in [6.07, 6.45) is 3.26. The van der Waals surface area contributed by atoms with Crippen LogP contribution in [-0.2, 0) is 0 Å². The summed E-state index contributed by atoms with van der Waals surface area (Å²) >= 11 is 0. The molecule has 2 heterocycles. The smallest absolute Gasteiger partial charge is 0.176 e. The lowest BCUT2D eigenvalue weighted by atomic mass is 10.3. The van der Waals surface area contributed by atoms with E-state index in [1.807, 2.05) is 0 Å². The number of hydrogen-bond acceptors (Lipinski definition) is 4. The lowest BCUT2D eigenvalue weighted by molar-refractivity contribution is 0.616. The third-order valence-electron chi connectivity index (χ3n) is 1.50. The number of hydrogen-bond donors (Lipinski definition) is 2. The van der Waals surface area contributed by atoms with Crippen LogP contribution in [0.4, 0.5) is 5.69 Å². The molecule has 0 saturated heterocycles. The highest BCUT2D eigenvalue weighted by atomic mass is 16.3. The number of nitrogens with zero attached hydrogens (tertiary/aromatic N) is 1. The van der Waals surface area contributed by atoms with Crippen molar-refractivity contribution in [1.29, 1.82) is 0 Å². The SMILES string of the molecule is NNc1ccnc2ccoc12.